The van der Waals surface area contributed by atoms with E-state index in [2.05, 4.69) is 20.9 Å². The second-order valence-corrected chi connectivity index (χ2v) is 9.63. The van der Waals surface area contributed by atoms with Gasteiger partial charge in [0.1, 0.15) is 17.3 Å². The molecule has 0 bridgehead atoms. The van der Waals surface area contributed by atoms with Gasteiger partial charge in [0.15, 0.2) is 0 Å². The lowest BCUT2D eigenvalue weighted by Crippen LogP contribution is -2.31. The Kier molecular flexibility index (Phi) is 6.76. The van der Waals surface area contributed by atoms with E-state index in [0.717, 1.165) is 26.7 Å². The molecular weight excluding hydrogens is 536 g/mol. The molecule has 1 amide bonds. The number of carbonyl (C=O) groups is 2. The van der Waals surface area contributed by atoms with E-state index in [4.69, 9.17) is 9.47 Å². The monoisotopic (exact) mass is 560 g/mol. The first kappa shape index (κ1) is 24.6. The number of ether oxygens (including phenoxy) is 2. The zero-order valence-electron chi connectivity index (χ0n) is 20.3. The number of ketones is 1. The van der Waals surface area contributed by atoms with Gasteiger partial charge < -0.3 is 24.5 Å². The van der Waals surface area contributed by atoms with Gasteiger partial charge in [-0.3, -0.25) is 9.59 Å². The maximum Gasteiger partial charge on any atom is 0.295 e. The van der Waals surface area contributed by atoms with Crippen LogP contribution in [0.3, 0.4) is 0 Å². The summed E-state index contributed by atoms with van der Waals surface area (Å²) < 4.78 is 11.8. The van der Waals surface area contributed by atoms with Crippen LogP contribution >= 0.6 is 15.9 Å². The molecule has 1 atom stereocenters. The van der Waals surface area contributed by atoms with Crippen molar-refractivity contribution in [3.05, 3.63) is 99.7 Å². The fourth-order valence-electron chi connectivity index (χ4n) is 4.82. The molecule has 1 aromatic heterocycles. The van der Waals surface area contributed by atoms with Crippen LogP contribution in [0.4, 0.5) is 0 Å². The lowest BCUT2D eigenvalue weighted by Gasteiger charge is -2.26. The quantitative estimate of drug-likeness (QED) is 0.174. The number of para-hydroxylation sites is 1. The highest BCUT2D eigenvalue weighted by Crippen LogP contribution is 2.43. The number of aromatic amines is 1. The van der Waals surface area contributed by atoms with Crippen LogP contribution in [0.5, 0.6) is 11.5 Å². The van der Waals surface area contributed by atoms with E-state index in [1.54, 1.807) is 44.6 Å². The Labute approximate surface area is 222 Å². The van der Waals surface area contributed by atoms with Crippen LogP contribution in [0.15, 0.2) is 83.0 Å². The maximum atomic E-state index is 13.4. The van der Waals surface area contributed by atoms with Gasteiger partial charge in [0.05, 0.1) is 25.8 Å². The van der Waals surface area contributed by atoms with Crippen LogP contribution in [0, 0.1) is 0 Å². The predicted octanol–water partition coefficient (Wildman–Crippen LogP) is 5.61. The average Bonchev–Trinajstić information content (AvgIpc) is 3.44. The molecule has 1 saturated heterocycles. The van der Waals surface area contributed by atoms with Crippen LogP contribution < -0.4 is 9.47 Å². The molecule has 8 heteroatoms. The number of hydrogen-bond acceptors (Lipinski definition) is 5. The summed E-state index contributed by atoms with van der Waals surface area (Å²) in [4.78, 5) is 31.5. The summed E-state index contributed by atoms with van der Waals surface area (Å²) in [6.07, 6.45) is 2.39. The summed E-state index contributed by atoms with van der Waals surface area (Å²) in [7, 11) is 3.16. The number of aromatic nitrogens is 1. The molecule has 2 heterocycles. The average molecular weight is 561 g/mol. The highest BCUT2D eigenvalue weighted by molar-refractivity contribution is 9.10. The molecule has 4 aromatic rings. The molecule has 1 aliphatic heterocycles. The minimum absolute atomic E-state index is 0.0393. The molecule has 1 aliphatic rings. The van der Waals surface area contributed by atoms with E-state index >= 15 is 0 Å². The molecule has 0 spiro atoms. The van der Waals surface area contributed by atoms with E-state index < -0.39 is 17.7 Å². The van der Waals surface area contributed by atoms with Crippen molar-refractivity contribution < 1.29 is 24.2 Å². The standard InChI is InChI=1S/C29H25BrN2O5/c1-36-20-11-12-23-22(15-20)18(16-31-23)13-14-32-26(21-5-3-4-6-24(21)37-2)25(28(34)29(32)35)27(33)17-7-9-19(30)10-8-17/h3-12,15-16,26,31,33H,13-14H2,1-2H3/b27-25-. The van der Waals surface area contributed by atoms with Crippen molar-refractivity contribution in [1.82, 2.24) is 9.88 Å². The highest BCUT2D eigenvalue weighted by Gasteiger charge is 2.46. The number of Topliss-reactive ketones (excluding diaryl/α,β-unsaturated/α-hetero) is 1. The number of likely N-dealkylation sites (tertiary alicyclic amines) is 1. The third kappa shape index (κ3) is 4.49. The highest BCUT2D eigenvalue weighted by atomic mass is 79.9. The van der Waals surface area contributed by atoms with Crippen LogP contribution in [0.2, 0.25) is 0 Å². The van der Waals surface area contributed by atoms with Gasteiger partial charge in [0.2, 0.25) is 0 Å². The predicted molar refractivity (Wildman–Crippen MR) is 145 cm³/mol. The smallest absolute Gasteiger partial charge is 0.295 e. The zero-order chi connectivity index (χ0) is 26.1. The molecule has 188 valence electrons. The summed E-state index contributed by atoms with van der Waals surface area (Å²) >= 11 is 3.39. The van der Waals surface area contributed by atoms with E-state index in [-0.39, 0.29) is 17.9 Å². The number of carbonyl (C=O) groups excluding carboxylic acids is 2. The molecule has 7 nitrogen and oxygen atoms in total. The van der Waals surface area contributed by atoms with Crippen molar-refractivity contribution in [2.24, 2.45) is 0 Å². The topological polar surface area (TPSA) is 91.9 Å². The van der Waals surface area contributed by atoms with Gasteiger partial charge in [0.25, 0.3) is 11.7 Å². The number of amides is 1. The number of benzene rings is 3. The number of H-pyrrole nitrogens is 1. The lowest BCUT2D eigenvalue weighted by molar-refractivity contribution is -0.139. The van der Waals surface area contributed by atoms with E-state index in [0.29, 0.717) is 23.3 Å². The zero-order valence-corrected chi connectivity index (χ0v) is 21.9. The van der Waals surface area contributed by atoms with Gasteiger partial charge in [-0.2, -0.15) is 0 Å². The Hall–Kier alpha value is -4.04. The summed E-state index contributed by atoms with van der Waals surface area (Å²) in [5, 5.41) is 12.3. The molecule has 2 N–H and O–H groups in total. The van der Waals surface area contributed by atoms with Crippen LogP contribution in [0.25, 0.3) is 16.7 Å². The second kappa shape index (κ2) is 10.1. The minimum atomic E-state index is -0.806. The van der Waals surface area contributed by atoms with Crippen molar-refractivity contribution in [3.8, 4) is 11.5 Å². The van der Waals surface area contributed by atoms with Crippen molar-refractivity contribution in [1.29, 1.82) is 0 Å². The third-order valence-electron chi connectivity index (χ3n) is 6.69. The van der Waals surface area contributed by atoms with E-state index in [9.17, 15) is 14.7 Å². The number of rotatable bonds is 7. The minimum Gasteiger partial charge on any atom is -0.507 e. The Morgan fingerprint density at radius 2 is 1.78 bits per heavy atom. The molecule has 5 rings (SSSR count). The number of nitrogens with zero attached hydrogens (tertiary/aromatic N) is 1. The summed E-state index contributed by atoms with van der Waals surface area (Å²) in [6.45, 7) is 0.259. The number of aliphatic hydroxyl groups excluding tert-OH is 1. The molecule has 0 aliphatic carbocycles. The third-order valence-corrected chi connectivity index (χ3v) is 7.22. The lowest BCUT2D eigenvalue weighted by atomic mass is 9.94. The number of hydrogen-bond donors (Lipinski definition) is 2. The van der Waals surface area contributed by atoms with Crippen molar-refractivity contribution in [3.63, 3.8) is 0 Å². The normalized spacial score (nSPS) is 16.9. The summed E-state index contributed by atoms with van der Waals surface area (Å²) in [6, 6.07) is 19.1. The number of halogens is 1. The van der Waals surface area contributed by atoms with Crippen LogP contribution in [-0.2, 0) is 16.0 Å². The van der Waals surface area contributed by atoms with Crippen LogP contribution in [0.1, 0.15) is 22.7 Å². The first-order valence-electron chi connectivity index (χ1n) is 11.7. The Morgan fingerprint density at radius 3 is 2.51 bits per heavy atom. The number of aliphatic hydroxyl groups is 1. The van der Waals surface area contributed by atoms with Gasteiger partial charge in [-0.1, -0.05) is 46.3 Å². The molecule has 1 unspecified atom stereocenters. The SMILES string of the molecule is COc1ccc2[nH]cc(CCN3C(=O)C(=O)/C(=C(\O)c4ccc(Br)cc4)C3c3ccccc3OC)c2c1. The Bertz CT molecular complexity index is 1520. The first-order chi connectivity index (χ1) is 17.9. The van der Waals surface area contributed by atoms with Gasteiger partial charge in [0, 0.05) is 39.2 Å². The summed E-state index contributed by atoms with van der Waals surface area (Å²) in [5.74, 6) is -0.347. The molecule has 1 fully saturated rings. The first-order valence-corrected chi connectivity index (χ1v) is 12.5. The Morgan fingerprint density at radius 1 is 1.03 bits per heavy atom. The molecule has 0 radical (unpaired) electrons. The van der Waals surface area contributed by atoms with E-state index in [1.165, 1.54) is 4.90 Å². The summed E-state index contributed by atoms with van der Waals surface area (Å²) in [5.41, 5.74) is 3.06. The van der Waals surface area contributed by atoms with Crippen molar-refractivity contribution >= 4 is 44.3 Å². The van der Waals surface area contributed by atoms with Crippen molar-refractivity contribution in [2.75, 3.05) is 20.8 Å². The fourth-order valence-corrected chi connectivity index (χ4v) is 5.09. The fraction of sp³-hybridized carbons (Fsp3) is 0.172. The maximum absolute atomic E-state index is 13.4. The molecule has 0 saturated carbocycles. The number of nitrogens with one attached hydrogen (secondary N) is 1. The second-order valence-electron chi connectivity index (χ2n) is 8.72. The Balaban J connectivity index is 1.58. The largest absolute Gasteiger partial charge is 0.507 e. The molecule has 3 aromatic carbocycles. The van der Waals surface area contributed by atoms with Crippen LogP contribution in [-0.4, -0.2) is 47.4 Å². The van der Waals surface area contributed by atoms with Gasteiger partial charge in [-0.25, -0.2) is 0 Å². The number of fused-ring (bicyclic) bond motifs is 1. The number of methoxy groups -OCH3 is 2. The van der Waals surface area contributed by atoms with Gasteiger partial charge in [-0.15, -0.1) is 0 Å². The van der Waals surface area contributed by atoms with Gasteiger partial charge in [-0.05, 0) is 48.4 Å². The van der Waals surface area contributed by atoms with Gasteiger partial charge >= 0.3 is 0 Å². The van der Waals surface area contributed by atoms with E-state index in [1.807, 2.05) is 42.6 Å². The van der Waals surface area contributed by atoms with Crippen molar-refractivity contribution in [2.45, 2.75) is 12.5 Å². The molecule has 37 heavy (non-hydrogen) atoms. The molecular formula is C29H25BrN2O5.